The highest BCUT2D eigenvalue weighted by Gasteiger charge is 2.14. The maximum Gasteiger partial charge on any atom is 0.275 e. The Balaban J connectivity index is 1.72. The van der Waals surface area contributed by atoms with Crippen LogP contribution >= 0.6 is 23.2 Å². The summed E-state index contributed by atoms with van der Waals surface area (Å²) in [5.41, 5.74) is 0.804. The molecule has 0 radical (unpaired) electrons. The molecule has 10 heteroatoms. The Morgan fingerprint density at radius 2 is 1.93 bits per heavy atom. The van der Waals surface area contributed by atoms with Crippen molar-refractivity contribution < 1.29 is 14.5 Å². The molecule has 0 saturated heterocycles. The highest BCUT2D eigenvalue weighted by atomic mass is 35.5. The van der Waals surface area contributed by atoms with E-state index in [9.17, 15) is 14.9 Å². The number of halogens is 2. The largest absolute Gasteiger partial charge is 0.457 e. The van der Waals surface area contributed by atoms with Gasteiger partial charge in [-0.2, -0.15) is 5.10 Å². The lowest BCUT2D eigenvalue weighted by molar-refractivity contribution is -0.384. The molecule has 29 heavy (non-hydrogen) atoms. The van der Waals surface area contributed by atoms with E-state index in [1.165, 1.54) is 24.4 Å². The smallest absolute Gasteiger partial charge is 0.275 e. The number of carbonyl (C=O) groups excluding carboxylic acids is 1. The molecular formula is C19H16Cl2N4O4. The fourth-order valence-electron chi connectivity index (χ4n) is 2.54. The topological polar surface area (TPSA) is 99.3 Å². The van der Waals surface area contributed by atoms with Gasteiger partial charge in [-0.15, -0.1) is 0 Å². The zero-order valence-corrected chi connectivity index (χ0v) is 16.8. The summed E-state index contributed by atoms with van der Waals surface area (Å²) in [7, 11) is 0. The Bertz CT molecular complexity index is 1050. The first-order chi connectivity index (χ1) is 13.8. The third-order valence-corrected chi connectivity index (χ3v) is 4.65. The molecule has 1 N–H and O–H groups in total. The summed E-state index contributed by atoms with van der Waals surface area (Å²) in [6.45, 7) is 2.13. The first-order valence-electron chi connectivity index (χ1n) is 8.52. The SMILES string of the molecule is Cc1c(Cl)cnn1CCC(=O)Nc1cc(Oc2ccc(Cl)cc2)cc([N+](=O)[O-])c1. The minimum atomic E-state index is -0.556. The number of carbonyl (C=O) groups is 1. The van der Waals surface area contributed by atoms with Crippen LogP contribution in [0, 0.1) is 17.0 Å². The number of nitro benzene ring substituents is 1. The van der Waals surface area contributed by atoms with Crippen molar-refractivity contribution in [3.05, 3.63) is 74.5 Å². The maximum atomic E-state index is 12.3. The Morgan fingerprint density at radius 3 is 2.55 bits per heavy atom. The molecule has 1 amide bonds. The molecule has 0 aliphatic rings. The van der Waals surface area contributed by atoms with Crippen LogP contribution in [0.1, 0.15) is 12.1 Å². The molecule has 1 aromatic heterocycles. The van der Waals surface area contributed by atoms with Crippen molar-refractivity contribution >= 4 is 40.5 Å². The summed E-state index contributed by atoms with van der Waals surface area (Å²) >= 11 is 11.8. The molecule has 0 spiro atoms. The number of non-ortho nitro benzene ring substituents is 1. The van der Waals surface area contributed by atoms with Crippen LogP contribution in [-0.2, 0) is 11.3 Å². The van der Waals surface area contributed by atoms with Crippen molar-refractivity contribution in [2.75, 3.05) is 5.32 Å². The Morgan fingerprint density at radius 1 is 1.21 bits per heavy atom. The third kappa shape index (κ3) is 5.46. The van der Waals surface area contributed by atoms with E-state index in [2.05, 4.69) is 10.4 Å². The number of nitrogens with zero attached hydrogens (tertiary/aromatic N) is 3. The number of amides is 1. The molecular weight excluding hydrogens is 419 g/mol. The number of aromatic nitrogens is 2. The van der Waals surface area contributed by atoms with Crippen LogP contribution in [-0.4, -0.2) is 20.6 Å². The van der Waals surface area contributed by atoms with E-state index in [1.54, 1.807) is 35.9 Å². The monoisotopic (exact) mass is 434 g/mol. The maximum absolute atomic E-state index is 12.3. The predicted molar refractivity (Wildman–Crippen MR) is 110 cm³/mol. The Labute approximate surface area is 176 Å². The van der Waals surface area contributed by atoms with Crippen molar-refractivity contribution in [1.29, 1.82) is 0 Å². The Hall–Kier alpha value is -3.10. The highest BCUT2D eigenvalue weighted by Crippen LogP contribution is 2.30. The van der Waals surface area contributed by atoms with E-state index >= 15 is 0 Å². The number of ether oxygens (including phenoxy) is 1. The molecule has 1 heterocycles. The fraction of sp³-hybridized carbons (Fsp3) is 0.158. The lowest BCUT2D eigenvalue weighted by Gasteiger charge is -2.10. The van der Waals surface area contributed by atoms with Gasteiger partial charge in [-0.05, 0) is 31.2 Å². The van der Waals surface area contributed by atoms with Gasteiger partial charge >= 0.3 is 0 Å². The second-order valence-electron chi connectivity index (χ2n) is 6.13. The van der Waals surface area contributed by atoms with Crippen LogP contribution in [0.3, 0.4) is 0 Å². The van der Waals surface area contributed by atoms with Gasteiger partial charge in [-0.3, -0.25) is 19.6 Å². The zero-order chi connectivity index (χ0) is 21.0. The first-order valence-corrected chi connectivity index (χ1v) is 9.28. The van der Waals surface area contributed by atoms with E-state index in [-0.39, 0.29) is 29.5 Å². The summed E-state index contributed by atoms with van der Waals surface area (Å²) in [6.07, 6.45) is 1.63. The van der Waals surface area contributed by atoms with Crippen molar-refractivity contribution in [3.8, 4) is 11.5 Å². The minimum Gasteiger partial charge on any atom is -0.457 e. The summed E-state index contributed by atoms with van der Waals surface area (Å²) in [4.78, 5) is 23.0. The molecule has 0 saturated carbocycles. The molecule has 0 unspecified atom stereocenters. The molecule has 0 atom stereocenters. The summed E-state index contributed by atoms with van der Waals surface area (Å²) in [5, 5.41) is 19.0. The van der Waals surface area contributed by atoms with Gasteiger partial charge in [0.05, 0.1) is 40.1 Å². The van der Waals surface area contributed by atoms with E-state index in [4.69, 9.17) is 27.9 Å². The standard InChI is InChI=1S/C19H16Cl2N4O4/c1-12-18(21)11-22-24(12)7-6-19(26)23-14-8-15(25(27)28)10-17(9-14)29-16-4-2-13(20)3-5-16/h2-5,8-11H,6-7H2,1H3,(H,23,26). The Kier molecular flexibility index (Phi) is 6.36. The normalized spacial score (nSPS) is 10.6. The van der Waals surface area contributed by atoms with Crippen LogP contribution in [0.2, 0.25) is 10.0 Å². The average Bonchev–Trinajstić information content (AvgIpc) is 3.00. The molecule has 2 aromatic carbocycles. The second-order valence-corrected chi connectivity index (χ2v) is 6.97. The number of hydrogen-bond donors (Lipinski definition) is 1. The minimum absolute atomic E-state index is 0.120. The number of rotatable bonds is 7. The van der Waals surface area contributed by atoms with Gasteiger partial charge in [0.1, 0.15) is 11.5 Å². The van der Waals surface area contributed by atoms with Gasteiger partial charge in [0.2, 0.25) is 5.91 Å². The van der Waals surface area contributed by atoms with Crippen molar-refractivity contribution in [1.82, 2.24) is 9.78 Å². The first kappa shape index (κ1) is 20.6. The summed E-state index contributed by atoms with van der Waals surface area (Å²) < 4.78 is 7.27. The molecule has 3 aromatic rings. The van der Waals surface area contributed by atoms with Crippen LogP contribution in [0.4, 0.5) is 11.4 Å². The van der Waals surface area contributed by atoms with Crippen LogP contribution < -0.4 is 10.1 Å². The lowest BCUT2D eigenvalue weighted by atomic mass is 10.2. The zero-order valence-electron chi connectivity index (χ0n) is 15.3. The van der Waals surface area contributed by atoms with Crippen molar-refractivity contribution in [2.45, 2.75) is 19.9 Å². The molecule has 0 bridgehead atoms. The molecule has 0 aliphatic carbocycles. The van der Waals surface area contributed by atoms with Crippen LogP contribution in [0.5, 0.6) is 11.5 Å². The summed E-state index contributed by atoms with van der Waals surface area (Å²) in [5.74, 6) is 0.346. The molecule has 0 aliphatic heterocycles. The molecule has 8 nitrogen and oxygen atoms in total. The quantitative estimate of drug-likeness (QED) is 0.405. The molecule has 150 valence electrons. The number of nitro groups is 1. The number of aryl methyl sites for hydroxylation is 1. The van der Waals surface area contributed by atoms with Crippen molar-refractivity contribution in [2.24, 2.45) is 0 Å². The van der Waals surface area contributed by atoms with Gasteiger partial charge in [0.15, 0.2) is 0 Å². The lowest BCUT2D eigenvalue weighted by Crippen LogP contribution is -2.15. The number of benzene rings is 2. The third-order valence-electron chi connectivity index (χ3n) is 4.03. The van der Waals surface area contributed by atoms with Gasteiger partial charge in [0, 0.05) is 23.6 Å². The van der Waals surface area contributed by atoms with Gasteiger partial charge < -0.3 is 10.1 Å². The molecule has 0 fully saturated rings. The van der Waals surface area contributed by atoms with Crippen LogP contribution in [0.25, 0.3) is 0 Å². The van der Waals surface area contributed by atoms with E-state index in [0.29, 0.717) is 22.3 Å². The van der Waals surface area contributed by atoms with Crippen LogP contribution in [0.15, 0.2) is 48.7 Å². The highest BCUT2D eigenvalue weighted by molar-refractivity contribution is 6.31. The van der Waals surface area contributed by atoms with Crippen molar-refractivity contribution in [3.63, 3.8) is 0 Å². The second kappa shape index (κ2) is 8.93. The summed E-state index contributed by atoms with van der Waals surface area (Å²) in [6, 6.07) is 10.6. The number of anilines is 1. The van der Waals surface area contributed by atoms with Gasteiger partial charge in [-0.1, -0.05) is 23.2 Å². The number of hydrogen-bond acceptors (Lipinski definition) is 5. The fourth-order valence-corrected chi connectivity index (χ4v) is 2.81. The average molecular weight is 435 g/mol. The molecule has 3 rings (SSSR count). The van der Waals surface area contributed by atoms with E-state index in [1.807, 2.05) is 0 Å². The van der Waals surface area contributed by atoms with E-state index < -0.39 is 4.92 Å². The predicted octanol–water partition coefficient (Wildman–Crippen LogP) is 5.23. The van der Waals surface area contributed by atoms with E-state index in [0.717, 1.165) is 5.69 Å². The van der Waals surface area contributed by atoms with Gasteiger partial charge in [-0.25, -0.2) is 0 Å². The number of nitrogens with one attached hydrogen (secondary N) is 1. The van der Waals surface area contributed by atoms with Gasteiger partial charge in [0.25, 0.3) is 5.69 Å².